The molecule has 0 amide bonds. The minimum absolute atomic E-state index is 0.0506. The molecule has 3 N–H and O–H groups in total. The Bertz CT molecular complexity index is 809. The molecule has 0 radical (unpaired) electrons. The van der Waals surface area contributed by atoms with E-state index >= 15 is 0 Å². The number of thiocarbonyl (C=S) groups is 1. The quantitative estimate of drug-likeness (QED) is 0.493. The average molecular weight is 330 g/mol. The van der Waals surface area contributed by atoms with Gasteiger partial charge in [0.2, 0.25) is 0 Å². The summed E-state index contributed by atoms with van der Waals surface area (Å²) in [6.45, 7) is 1.78. The molecule has 3 rings (SSSR count). The highest BCUT2D eigenvalue weighted by molar-refractivity contribution is 7.80. The monoisotopic (exact) mass is 330 g/mol. The van der Waals surface area contributed by atoms with E-state index in [9.17, 15) is 4.79 Å². The van der Waals surface area contributed by atoms with Crippen molar-refractivity contribution in [1.82, 2.24) is 14.8 Å². The predicted octanol–water partition coefficient (Wildman–Crippen LogP) is 0.852. The number of fused-ring (bicyclic) bond motifs is 1. The van der Waals surface area contributed by atoms with E-state index in [1.54, 1.807) is 12.3 Å². The number of hydrogen-bond donors (Lipinski definition) is 2. The number of hydrogen-bond acceptors (Lipinski definition) is 5. The van der Waals surface area contributed by atoms with E-state index in [1.807, 2.05) is 12.1 Å². The molecule has 1 aliphatic rings. The van der Waals surface area contributed by atoms with Gasteiger partial charge in [-0.3, -0.25) is 14.6 Å². The Morgan fingerprint density at radius 2 is 2.13 bits per heavy atom. The van der Waals surface area contributed by atoms with Crippen molar-refractivity contribution in [3.8, 4) is 0 Å². The summed E-state index contributed by atoms with van der Waals surface area (Å²) in [6, 6.07) is 5.48. The van der Waals surface area contributed by atoms with E-state index in [0.717, 1.165) is 25.9 Å². The zero-order valence-corrected chi connectivity index (χ0v) is 13.4. The Balaban J connectivity index is 2.12. The number of aromatic nitrogens is 2. The molecule has 0 saturated carbocycles. The minimum Gasteiger partial charge on any atom is -0.375 e. The lowest BCUT2D eigenvalue weighted by molar-refractivity contribution is 0.573. The number of nitrogens with two attached hydrogens (primary N) is 1. The van der Waals surface area contributed by atoms with Crippen LogP contribution in [-0.2, 0) is 0 Å². The van der Waals surface area contributed by atoms with E-state index in [0.29, 0.717) is 17.0 Å². The standard InChI is InChI=1S/C15H18N6OS/c16-15(23)19-17-10-11-13(20-7-3-1-4-8-20)18-12-6-2-5-9-21(12)14(11)22/h2,5-6,9-10H,1,3-4,7-8H2,(H3,16,19,23)/b17-10-. The van der Waals surface area contributed by atoms with Crippen molar-refractivity contribution >= 4 is 35.0 Å². The molecule has 1 saturated heterocycles. The molecule has 0 spiro atoms. The molecule has 0 aliphatic carbocycles. The second-order valence-electron chi connectivity index (χ2n) is 5.37. The van der Waals surface area contributed by atoms with Gasteiger partial charge >= 0.3 is 0 Å². The minimum atomic E-state index is -0.162. The Morgan fingerprint density at radius 3 is 2.87 bits per heavy atom. The van der Waals surface area contributed by atoms with E-state index in [4.69, 9.17) is 18.0 Å². The summed E-state index contributed by atoms with van der Waals surface area (Å²) < 4.78 is 1.51. The second kappa shape index (κ2) is 6.74. The van der Waals surface area contributed by atoms with Crippen molar-refractivity contribution in [2.45, 2.75) is 19.3 Å². The molecule has 3 heterocycles. The summed E-state index contributed by atoms with van der Waals surface area (Å²) in [7, 11) is 0. The molecule has 0 atom stereocenters. The maximum absolute atomic E-state index is 12.8. The van der Waals surface area contributed by atoms with Crippen LogP contribution in [-0.4, -0.2) is 33.8 Å². The molecular weight excluding hydrogens is 312 g/mol. The molecule has 1 aliphatic heterocycles. The van der Waals surface area contributed by atoms with Crippen molar-refractivity contribution in [1.29, 1.82) is 0 Å². The Morgan fingerprint density at radius 1 is 1.35 bits per heavy atom. The fourth-order valence-electron chi connectivity index (χ4n) is 2.71. The Hall–Kier alpha value is -2.48. The fraction of sp³-hybridized carbons (Fsp3) is 0.333. The molecule has 7 nitrogen and oxygen atoms in total. The van der Waals surface area contributed by atoms with Crippen LogP contribution in [0.5, 0.6) is 0 Å². The number of piperidine rings is 1. The maximum atomic E-state index is 12.8. The second-order valence-corrected chi connectivity index (χ2v) is 5.80. The summed E-state index contributed by atoms with van der Waals surface area (Å²) >= 11 is 4.72. The molecule has 2 aromatic heterocycles. The first-order valence-electron chi connectivity index (χ1n) is 7.51. The first kappa shape index (κ1) is 15.4. The highest BCUT2D eigenvalue weighted by Gasteiger charge is 2.19. The number of nitrogens with one attached hydrogen (secondary N) is 1. The summed E-state index contributed by atoms with van der Waals surface area (Å²) in [4.78, 5) is 19.6. The van der Waals surface area contributed by atoms with Gasteiger partial charge in [0.05, 0.1) is 6.21 Å². The zero-order valence-electron chi connectivity index (χ0n) is 12.6. The van der Waals surface area contributed by atoms with Crippen molar-refractivity contribution in [2.75, 3.05) is 18.0 Å². The van der Waals surface area contributed by atoms with Crippen LogP contribution in [0.15, 0.2) is 34.3 Å². The van der Waals surface area contributed by atoms with E-state index in [2.05, 4.69) is 20.4 Å². The molecule has 0 aromatic carbocycles. The van der Waals surface area contributed by atoms with Gasteiger partial charge in [-0.2, -0.15) is 5.10 Å². The Labute approximate surface area is 138 Å². The maximum Gasteiger partial charge on any atom is 0.268 e. The normalized spacial score (nSPS) is 15.2. The molecule has 8 heteroatoms. The van der Waals surface area contributed by atoms with E-state index in [1.165, 1.54) is 17.0 Å². The molecule has 1 fully saturated rings. The number of rotatable bonds is 3. The third-order valence-electron chi connectivity index (χ3n) is 3.77. The van der Waals surface area contributed by atoms with E-state index in [-0.39, 0.29) is 10.7 Å². The smallest absolute Gasteiger partial charge is 0.268 e. The van der Waals surface area contributed by atoms with Crippen LogP contribution in [0.3, 0.4) is 0 Å². The van der Waals surface area contributed by atoms with Gasteiger partial charge in [0, 0.05) is 19.3 Å². The van der Waals surface area contributed by atoms with Crippen molar-refractivity contribution in [3.05, 3.63) is 40.3 Å². The van der Waals surface area contributed by atoms with Gasteiger partial charge in [0.25, 0.3) is 5.56 Å². The van der Waals surface area contributed by atoms with Gasteiger partial charge in [-0.1, -0.05) is 6.07 Å². The lowest BCUT2D eigenvalue weighted by atomic mass is 10.1. The van der Waals surface area contributed by atoms with Crippen molar-refractivity contribution in [3.63, 3.8) is 0 Å². The molecule has 0 unspecified atom stereocenters. The van der Waals surface area contributed by atoms with Crippen molar-refractivity contribution < 1.29 is 0 Å². The Kier molecular flexibility index (Phi) is 4.52. The molecule has 23 heavy (non-hydrogen) atoms. The molecule has 2 aromatic rings. The molecule has 0 bridgehead atoms. The van der Waals surface area contributed by atoms with Gasteiger partial charge in [-0.05, 0) is 43.6 Å². The molecular formula is C15H18N6OS. The largest absolute Gasteiger partial charge is 0.375 e. The number of hydrazone groups is 1. The summed E-state index contributed by atoms with van der Waals surface area (Å²) in [5.41, 5.74) is 8.74. The van der Waals surface area contributed by atoms with Gasteiger partial charge in [0.15, 0.2) is 5.11 Å². The SMILES string of the molecule is NC(=S)N/N=C\c1c(N2CCCCC2)nc2ccccn2c1=O. The van der Waals surface area contributed by atoms with Crippen LogP contribution in [0.4, 0.5) is 5.82 Å². The first-order valence-corrected chi connectivity index (χ1v) is 7.92. The van der Waals surface area contributed by atoms with Gasteiger partial charge in [0.1, 0.15) is 17.0 Å². The summed E-state index contributed by atoms with van der Waals surface area (Å²) in [5.74, 6) is 0.661. The van der Waals surface area contributed by atoms with Gasteiger partial charge in [-0.15, -0.1) is 0 Å². The predicted molar refractivity (Wildman–Crippen MR) is 95.0 cm³/mol. The summed E-state index contributed by atoms with van der Waals surface area (Å²) in [5, 5.41) is 3.99. The number of pyridine rings is 1. The zero-order chi connectivity index (χ0) is 16.2. The average Bonchev–Trinajstić information content (AvgIpc) is 2.57. The third-order valence-corrected chi connectivity index (χ3v) is 3.86. The topological polar surface area (TPSA) is 88.0 Å². The van der Waals surface area contributed by atoms with Crippen LogP contribution >= 0.6 is 12.2 Å². The fourth-order valence-corrected chi connectivity index (χ4v) is 2.76. The highest BCUT2D eigenvalue weighted by Crippen LogP contribution is 2.19. The van der Waals surface area contributed by atoms with Gasteiger partial charge < -0.3 is 10.6 Å². The van der Waals surface area contributed by atoms with Crippen LogP contribution in [0.2, 0.25) is 0 Å². The number of anilines is 1. The lowest BCUT2D eigenvalue weighted by Gasteiger charge is -2.28. The lowest BCUT2D eigenvalue weighted by Crippen LogP contribution is -2.34. The first-order chi connectivity index (χ1) is 11.2. The van der Waals surface area contributed by atoms with Crippen LogP contribution in [0.25, 0.3) is 5.65 Å². The number of nitrogens with zero attached hydrogens (tertiary/aromatic N) is 4. The van der Waals surface area contributed by atoms with Gasteiger partial charge in [-0.25, -0.2) is 4.98 Å². The highest BCUT2D eigenvalue weighted by atomic mass is 32.1. The molecule has 120 valence electrons. The third kappa shape index (κ3) is 3.31. The van der Waals surface area contributed by atoms with Crippen LogP contribution in [0, 0.1) is 0 Å². The summed E-state index contributed by atoms with van der Waals surface area (Å²) in [6.07, 6.45) is 6.53. The van der Waals surface area contributed by atoms with Crippen molar-refractivity contribution in [2.24, 2.45) is 10.8 Å². The van der Waals surface area contributed by atoms with Crippen LogP contribution in [0.1, 0.15) is 24.8 Å². The van der Waals surface area contributed by atoms with Crippen LogP contribution < -0.4 is 21.6 Å². The van der Waals surface area contributed by atoms with E-state index < -0.39 is 0 Å².